The number of carbonyl (C=O) groups excluding carboxylic acids is 1. The van der Waals surface area contributed by atoms with Crippen LogP contribution in [-0.4, -0.2) is 57.8 Å². The second kappa shape index (κ2) is 8.15. The summed E-state index contributed by atoms with van der Waals surface area (Å²) >= 11 is 0. The minimum atomic E-state index is -0.749. The molecule has 4 aliphatic carbocycles. The van der Waals surface area contributed by atoms with Crippen molar-refractivity contribution in [1.82, 2.24) is 0 Å². The predicted molar refractivity (Wildman–Crippen MR) is 133 cm³/mol. The molecule has 4 saturated carbocycles. The molecule has 14 atom stereocenters. The van der Waals surface area contributed by atoms with Gasteiger partial charge in [-0.3, -0.25) is 4.79 Å². The first-order chi connectivity index (χ1) is 16.5. The molecule has 6 rings (SSSR count). The molecule has 198 valence electrons. The lowest BCUT2D eigenvalue weighted by molar-refractivity contribution is -0.929. The number of piperidine rings is 2. The van der Waals surface area contributed by atoms with Gasteiger partial charge in [0.25, 0.3) is 0 Å². The normalized spacial score (nSPS) is 59.3. The summed E-state index contributed by atoms with van der Waals surface area (Å²) in [5, 5.41) is 38.0. The minimum Gasteiger partial charge on any atom is -0.633 e. The Morgan fingerprint density at radius 3 is 2.46 bits per heavy atom. The fourth-order valence-electron chi connectivity index (χ4n) is 11.2. The first kappa shape index (κ1) is 24.6. The first-order valence-corrected chi connectivity index (χ1v) is 14.6. The van der Waals surface area contributed by atoms with Crippen LogP contribution < -0.4 is 0 Å². The molecule has 2 N–H and O–H groups in total. The summed E-state index contributed by atoms with van der Waals surface area (Å²) in [5.74, 6) is 2.30. The molecule has 0 radical (unpaired) electrons. The van der Waals surface area contributed by atoms with Crippen molar-refractivity contribution in [2.45, 2.75) is 109 Å². The molecule has 0 amide bonds. The second-order valence-corrected chi connectivity index (χ2v) is 14.3. The molecule has 2 aliphatic heterocycles. The van der Waals surface area contributed by atoms with Gasteiger partial charge in [0, 0.05) is 31.1 Å². The van der Waals surface area contributed by atoms with Gasteiger partial charge < -0.3 is 24.8 Å². The maximum absolute atomic E-state index is 14.2. The van der Waals surface area contributed by atoms with Crippen LogP contribution in [0, 0.1) is 58.0 Å². The van der Waals surface area contributed by atoms with Crippen LogP contribution in [0.15, 0.2) is 0 Å². The van der Waals surface area contributed by atoms with Gasteiger partial charge in [0.2, 0.25) is 0 Å². The summed E-state index contributed by atoms with van der Waals surface area (Å²) in [4.78, 5) is 11.6. The lowest BCUT2D eigenvalue weighted by Crippen LogP contribution is -2.68. The lowest BCUT2D eigenvalue weighted by Gasteiger charge is -2.64. The molecule has 35 heavy (non-hydrogen) atoms. The number of hydrogen-bond donors (Lipinski definition) is 2. The van der Waals surface area contributed by atoms with E-state index in [1.165, 1.54) is 13.3 Å². The molecule has 2 saturated heterocycles. The van der Waals surface area contributed by atoms with Gasteiger partial charge in [-0.15, -0.1) is 0 Å². The van der Waals surface area contributed by atoms with E-state index in [4.69, 9.17) is 4.74 Å². The van der Waals surface area contributed by atoms with Crippen LogP contribution in [0.1, 0.15) is 85.5 Å². The van der Waals surface area contributed by atoms with Crippen molar-refractivity contribution in [3.8, 4) is 0 Å². The smallest absolute Gasteiger partial charge is 0.302 e. The average molecular weight is 490 g/mol. The van der Waals surface area contributed by atoms with Crippen molar-refractivity contribution < 1.29 is 24.4 Å². The topological polar surface area (TPSA) is 89.8 Å². The number of hydroxylamine groups is 3. The van der Waals surface area contributed by atoms with Gasteiger partial charge in [0.15, 0.2) is 0 Å². The summed E-state index contributed by atoms with van der Waals surface area (Å²) in [6.07, 6.45) is 7.68. The summed E-state index contributed by atoms with van der Waals surface area (Å²) in [5.41, 5.74) is -0.797. The molecular weight excluding hydrogens is 442 g/mol. The highest BCUT2D eigenvalue weighted by atomic mass is 16.6. The van der Waals surface area contributed by atoms with Crippen LogP contribution >= 0.6 is 0 Å². The Morgan fingerprint density at radius 1 is 0.943 bits per heavy atom. The van der Waals surface area contributed by atoms with E-state index in [2.05, 4.69) is 20.8 Å². The van der Waals surface area contributed by atoms with Crippen molar-refractivity contribution in [2.75, 3.05) is 13.1 Å². The molecule has 0 aromatic rings. The third-order valence-electron chi connectivity index (χ3n) is 12.7. The number of aliphatic hydroxyl groups excluding tert-OH is 1. The Kier molecular flexibility index (Phi) is 5.74. The Labute approximate surface area is 211 Å². The van der Waals surface area contributed by atoms with E-state index < -0.39 is 11.7 Å². The number of aliphatic hydroxyl groups is 2. The molecule has 6 aliphatic rings. The molecule has 6 fully saturated rings. The number of ether oxygens (including phenoxy) is 1. The van der Waals surface area contributed by atoms with Crippen LogP contribution in [-0.2, 0) is 9.53 Å². The summed E-state index contributed by atoms with van der Waals surface area (Å²) in [6, 6.07) is 0.239. The van der Waals surface area contributed by atoms with E-state index in [9.17, 15) is 20.2 Å². The Bertz CT molecular complexity index is 866. The van der Waals surface area contributed by atoms with E-state index in [1.54, 1.807) is 0 Å². The predicted octanol–water partition coefficient (Wildman–Crippen LogP) is 4.26. The van der Waals surface area contributed by atoms with E-state index in [0.29, 0.717) is 42.6 Å². The monoisotopic (exact) mass is 489 g/mol. The van der Waals surface area contributed by atoms with E-state index in [0.717, 1.165) is 51.5 Å². The van der Waals surface area contributed by atoms with Gasteiger partial charge in [0.1, 0.15) is 6.10 Å². The maximum Gasteiger partial charge on any atom is 0.302 e. The van der Waals surface area contributed by atoms with Gasteiger partial charge in [-0.25, -0.2) is 0 Å². The van der Waals surface area contributed by atoms with Crippen molar-refractivity contribution in [1.29, 1.82) is 0 Å². The number of esters is 1. The zero-order valence-electron chi connectivity index (χ0n) is 22.2. The molecule has 0 spiro atoms. The Balaban J connectivity index is 1.29. The highest BCUT2D eigenvalue weighted by molar-refractivity contribution is 5.66. The van der Waals surface area contributed by atoms with Crippen molar-refractivity contribution in [2.24, 2.45) is 52.8 Å². The minimum absolute atomic E-state index is 0.0298. The molecule has 0 aromatic carbocycles. The second-order valence-electron chi connectivity index (χ2n) is 14.3. The van der Waals surface area contributed by atoms with Crippen LogP contribution in [0.25, 0.3) is 0 Å². The molecule has 0 bridgehead atoms. The lowest BCUT2D eigenvalue weighted by atomic mass is 9.50. The first-order valence-electron chi connectivity index (χ1n) is 14.6. The van der Waals surface area contributed by atoms with Crippen LogP contribution in [0.2, 0.25) is 0 Å². The van der Waals surface area contributed by atoms with E-state index in [-0.39, 0.29) is 45.9 Å². The van der Waals surface area contributed by atoms with Crippen molar-refractivity contribution >= 4 is 5.97 Å². The van der Waals surface area contributed by atoms with Gasteiger partial charge in [0.05, 0.1) is 30.8 Å². The van der Waals surface area contributed by atoms with Gasteiger partial charge >= 0.3 is 5.97 Å². The molecular formula is C29H47NO5. The number of fused-ring (bicyclic) bond motifs is 8. The van der Waals surface area contributed by atoms with E-state index >= 15 is 0 Å². The summed E-state index contributed by atoms with van der Waals surface area (Å²) in [6.45, 7) is 9.82. The van der Waals surface area contributed by atoms with Crippen molar-refractivity contribution in [3.05, 3.63) is 5.21 Å². The highest BCUT2D eigenvalue weighted by Gasteiger charge is 2.69. The van der Waals surface area contributed by atoms with Crippen LogP contribution in [0.5, 0.6) is 0 Å². The highest BCUT2D eigenvalue weighted by Crippen LogP contribution is 2.68. The van der Waals surface area contributed by atoms with E-state index in [1.807, 2.05) is 0 Å². The molecule has 6 nitrogen and oxygen atoms in total. The summed E-state index contributed by atoms with van der Waals surface area (Å²) in [7, 11) is 0. The third kappa shape index (κ3) is 3.52. The average Bonchev–Trinajstić information content (AvgIpc) is 3.07. The molecule has 14 unspecified atom stereocenters. The van der Waals surface area contributed by atoms with Gasteiger partial charge in [-0.05, 0) is 86.4 Å². The standard InChI is InChI=1S/C29H47NO5/c1-16-5-6-26-17(2)20-8-10-29(33)22(21(20)15-30(26,34)14-16)12-23-24(29)13-27(32)25-11-19(35-18(3)31)7-9-28(23,25)4/h16-17,19-27,32-33H,5-15H2,1-4H3. The summed E-state index contributed by atoms with van der Waals surface area (Å²) < 4.78 is 5.55. The fourth-order valence-corrected chi connectivity index (χ4v) is 11.2. The largest absolute Gasteiger partial charge is 0.633 e. The van der Waals surface area contributed by atoms with Crippen LogP contribution in [0.3, 0.4) is 0 Å². The number of nitrogens with zero attached hydrogens (tertiary/aromatic N) is 1. The third-order valence-corrected chi connectivity index (χ3v) is 12.7. The number of rotatable bonds is 1. The number of carbonyl (C=O) groups is 1. The maximum atomic E-state index is 14.2. The SMILES string of the molecule is CC(=O)OC1CCC2(C)C(C1)C(O)CC1C2CC2C3C[N+]4([O-])CC(C)CCC4C(C)C3CCC21O. The number of quaternary nitrogens is 1. The van der Waals surface area contributed by atoms with Gasteiger partial charge in [-0.2, -0.15) is 0 Å². The zero-order chi connectivity index (χ0) is 24.9. The van der Waals surface area contributed by atoms with Crippen LogP contribution in [0.4, 0.5) is 0 Å². The Hall–Kier alpha value is -0.690. The molecule has 0 aromatic heterocycles. The van der Waals surface area contributed by atoms with Gasteiger partial charge in [-0.1, -0.05) is 20.8 Å². The Morgan fingerprint density at radius 2 is 1.71 bits per heavy atom. The quantitative estimate of drug-likeness (QED) is 0.326. The van der Waals surface area contributed by atoms with Crippen molar-refractivity contribution in [3.63, 3.8) is 0 Å². The fraction of sp³-hybridized carbons (Fsp3) is 0.966. The number of hydrogen-bond acceptors (Lipinski definition) is 5. The molecule has 2 heterocycles. The zero-order valence-corrected chi connectivity index (χ0v) is 22.2. The molecule has 6 heteroatoms.